The van der Waals surface area contributed by atoms with Crippen molar-refractivity contribution in [2.75, 3.05) is 6.54 Å². The van der Waals surface area contributed by atoms with Crippen LogP contribution in [0.3, 0.4) is 0 Å². The van der Waals surface area contributed by atoms with Crippen LogP contribution in [-0.2, 0) is 18.1 Å². The van der Waals surface area contributed by atoms with E-state index in [1.807, 2.05) is 27.7 Å². The molecule has 0 saturated carbocycles. The van der Waals surface area contributed by atoms with Crippen LogP contribution < -0.4 is 5.32 Å². The molecule has 2 aliphatic rings. The Morgan fingerprint density at radius 3 is 2.32 bits per heavy atom. The van der Waals surface area contributed by atoms with Gasteiger partial charge in [0.05, 0.1) is 22.6 Å². The number of fused-ring (bicyclic) bond motifs is 2. The van der Waals surface area contributed by atoms with Crippen molar-refractivity contribution in [1.29, 1.82) is 0 Å². The summed E-state index contributed by atoms with van der Waals surface area (Å²) >= 11 is 3.33. The van der Waals surface area contributed by atoms with Crippen molar-refractivity contribution in [3.63, 3.8) is 0 Å². The minimum Gasteiger partial charge on any atom is -0.368 e. The number of halogens is 1. The van der Waals surface area contributed by atoms with Crippen LogP contribution in [0.15, 0.2) is 0 Å². The summed E-state index contributed by atoms with van der Waals surface area (Å²) < 4.78 is 17.1. The molecule has 0 aromatic heterocycles. The van der Waals surface area contributed by atoms with Crippen LogP contribution in [0, 0.1) is 0 Å². The van der Waals surface area contributed by atoms with E-state index in [0.717, 1.165) is 12.5 Å². The van der Waals surface area contributed by atoms with E-state index in [1.54, 1.807) is 0 Å². The van der Waals surface area contributed by atoms with Crippen LogP contribution in [-0.4, -0.2) is 43.9 Å². The van der Waals surface area contributed by atoms with Gasteiger partial charge in [-0.05, 0) is 34.1 Å². The van der Waals surface area contributed by atoms with E-state index in [0.29, 0.717) is 6.54 Å². The maximum absolute atomic E-state index is 11.7. The topological polar surface area (TPSA) is 56.8 Å². The molecule has 110 valence electrons. The number of amides is 1. The van der Waals surface area contributed by atoms with E-state index in [2.05, 4.69) is 21.2 Å². The smallest absolute Gasteiger partial charge is 0.368 e. The summed E-state index contributed by atoms with van der Waals surface area (Å²) in [5, 5.41) is 2.89. The predicted molar refractivity (Wildman–Crippen MR) is 77.2 cm³/mol. The molecule has 1 amide bonds. The molecular formula is C12H22BrNO4Si. The zero-order chi connectivity index (χ0) is 14.3. The average molecular weight is 352 g/mol. The molecule has 19 heavy (non-hydrogen) atoms. The molecule has 5 nitrogen and oxygen atoms in total. The number of hydrogen-bond acceptors (Lipinski definition) is 4. The SMILES string of the molecule is C[C@@H]1O[Si]2(CCCNC(=O)C(C)(C)Br)O[C@@H]1[C@@H](C)O2. The van der Waals surface area contributed by atoms with Crippen molar-refractivity contribution < 1.29 is 18.1 Å². The standard InChI is InChI=1S/C12H22BrNO4Si/c1-8-10-9(2)17-19(16-8,18-10)7-5-6-14-11(15)12(3,4)13/h8-10H,5-7H2,1-4H3,(H,14,15)/t8-,9+,10-,19?. The lowest BCUT2D eigenvalue weighted by Crippen LogP contribution is -2.44. The molecule has 1 N–H and O–H groups in total. The van der Waals surface area contributed by atoms with E-state index in [1.165, 1.54) is 0 Å². The first-order valence-electron chi connectivity index (χ1n) is 6.74. The van der Waals surface area contributed by atoms with Gasteiger partial charge in [-0.25, -0.2) is 0 Å². The molecule has 7 heteroatoms. The molecule has 2 saturated heterocycles. The molecule has 0 aromatic carbocycles. The lowest BCUT2D eigenvalue weighted by Gasteiger charge is -2.26. The van der Waals surface area contributed by atoms with Crippen LogP contribution >= 0.6 is 15.9 Å². The summed E-state index contributed by atoms with van der Waals surface area (Å²) in [6.07, 6.45) is 1.16. The summed E-state index contributed by atoms with van der Waals surface area (Å²) in [6.45, 7) is 8.34. The van der Waals surface area contributed by atoms with E-state index in [4.69, 9.17) is 13.3 Å². The van der Waals surface area contributed by atoms with Gasteiger partial charge in [0.25, 0.3) is 0 Å². The van der Waals surface area contributed by atoms with Crippen LogP contribution in [0.2, 0.25) is 6.04 Å². The fourth-order valence-corrected chi connectivity index (χ4v) is 5.93. The van der Waals surface area contributed by atoms with Crippen molar-refractivity contribution in [2.24, 2.45) is 0 Å². The Kier molecular flexibility index (Phi) is 4.42. The molecule has 0 aromatic rings. The van der Waals surface area contributed by atoms with Crippen molar-refractivity contribution in [1.82, 2.24) is 5.32 Å². The Labute approximate surface area is 123 Å². The molecule has 2 bridgehead atoms. The molecule has 2 rings (SSSR count). The number of carbonyl (C=O) groups is 1. The average Bonchev–Trinajstić information content (AvgIpc) is 2.76. The van der Waals surface area contributed by atoms with Crippen molar-refractivity contribution >= 4 is 30.6 Å². The summed E-state index contributed by atoms with van der Waals surface area (Å²) in [7, 11) is -2.44. The highest BCUT2D eigenvalue weighted by Crippen LogP contribution is 2.40. The Morgan fingerprint density at radius 2 is 1.84 bits per heavy atom. The second-order valence-electron chi connectivity index (χ2n) is 5.74. The monoisotopic (exact) mass is 351 g/mol. The van der Waals surface area contributed by atoms with Gasteiger partial charge in [-0.1, -0.05) is 15.9 Å². The first-order chi connectivity index (χ1) is 8.73. The summed E-state index contributed by atoms with van der Waals surface area (Å²) in [6, 6.07) is 0.765. The van der Waals surface area contributed by atoms with Crippen molar-refractivity contribution in [2.45, 2.75) is 62.8 Å². The molecule has 4 atom stereocenters. The highest BCUT2D eigenvalue weighted by molar-refractivity contribution is 9.10. The maximum atomic E-state index is 11.7. The predicted octanol–water partition coefficient (Wildman–Crippen LogP) is 1.83. The summed E-state index contributed by atoms with van der Waals surface area (Å²) in [5.41, 5.74) is 0. The largest absolute Gasteiger partial charge is 0.502 e. The van der Waals surface area contributed by atoms with E-state index >= 15 is 0 Å². The Balaban J connectivity index is 1.74. The maximum Gasteiger partial charge on any atom is 0.502 e. The molecular weight excluding hydrogens is 330 g/mol. The van der Waals surface area contributed by atoms with Gasteiger partial charge in [0.2, 0.25) is 5.91 Å². The van der Waals surface area contributed by atoms with Gasteiger partial charge in [0.15, 0.2) is 0 Å². The zero-order valence-electron chi connectivity index (χ0n) is 11.9. The van der Waals surface area contributed by atoms with Crippen LogP contribution in [0.25, 0.3) is 0 Å². The number of rotatable bonds is 5. The van der Waals surface area contributed by atoms with Crippen molar-refractivity contribution in [3.8, 4) is 0 Å². The van der Waals surface area contributed by atoms with Gasteiger partial charge in [0.1, 0.15) is 0 Å². The van der Waals surface area contributed by atoms with Gasteiger partial charge in [-0.15, -0.1) is 0 Å². The van der Waals surface area contributed by atoms with E-state index < -0.39 is 13.1 Å². The second kappa shape index (κ2) is 5.44. The third-order valence-corrected chi connectivity index (χ3v) is 6.88. The van der Waals surface area contributed by atoms with Gasteiger partial charge in [-0.3, -0.25) is 4.79 Å². The van der Waals surface area contributed by atoms with Gasteiger partial charge >= 0.3 is 8.80 Å². The first kappa shape index (κ1) is 15.4. The fraction of sp³-hybridized carbons (Fsp3) is 0.917. The highest BCUT2D eigenvalue weighted by Gasteiger charge is 2.60. The highest BCUT2D eigenvalue weighted by atomic mass is 79.9. The van der Waals surface area contributed by atoms with Crippen LogP contribution in [0.4, 0.5) is 0 Å². The number of nitrogens with one attached hydrogen (secondary N) is 1. The Morgan fingerprint density at radius 1 is 1.26 bits per heavy atom. The van der Waals surface area contributed by atoms with Crippen LogP contribution in [0.5, 0.6) is 0 Å². The zero-order valence-corrected chi connectivity index (χ0v) is 14.5. The molecule has 0 spiro atoms. The second-order valence-corrected chi connectivity index (χ2v) is 10.3. The van der Waals surface area contributed by atoms with E-state index in [9.17, 15) is 4.79 Å². The third-order valence-electron chi connectivity index (χ3n) is 3.46. The normalized spacial score (nSPS) is 37.6. The lowest BCUT2D eigenvalue weighted by molar-refractivity contribution is -0.122. The number of carbonyl (C=O) groups excluding carboxylic acids is 1. The molecule has 2 aliphatic heterocycles. The molecule has 0 aliphatic carbocycles. The first-order valence-corrected chi connectivity index (χ1v) is 9.47. The van der Waals surface area contributed by atoms with Crippen LogP contribution in [0.1, 0.15) is 34.1 Å². The lowest BCUT2D eigenvalue weighted by atomic mass is 10.1. The minimum absolute atomic E-state index is 0.00752. The molecule has 1 unspecified atom stereocenters. The molecule has 2 heterocycles. The molecule has 0 radical (unpaired) electrons. The van der Waals surface area contributed by atoms with E-state index in [-0.39, 0.29) is 24.2 Å². The number of hydrogen-bond donors (Lipinski definition) is 1. The van der Waals surface area contributed by atoms with Crippen molar-refractivity contribution in [3.05, 3.63) is 0 Å². The molecule has 2 fully saturated rings. The quantitative estimate of drug-likeness (QED) is 0.466. The summed E-state index contributed by atoms with van der Waals surface area (Å²) in [4.78, 5) is 11.7. The summed E-state index contributed by atoms with van der Waals surface area (Å²) in [5.74, 6) is -0.00752. The number of alkyl halides is 1. The van der Waals surface area contributed by atoms with Gasteiger partial charge in [0, 0.05) is 12.6 Å². The minimum atomic E-state index is -2.44. The third kappa shape index (κ3) is 3.39. The van der Waals surface area contributed by atoms with Gasteiger partial charge < -0.3 is 18.6 Å². The Bertz CT molecular complexity index is 348. The Hall–Kier alpha value is 0.0469. The van der Waals surface area contributed by atoms with Gasteiger partial charge in [-0.2, -0.15) is 0 Å². The fourth-order valence-electron chi connectivity index (χ4n) is 2.46.